The number of esters is 1. The molecule has 5 heteroatoms. The van der Waals surface area contributed by atoms with Crippen LogP contribution in [0.5, 0.6) is 0 Å². The van der Waals surface area contributed by atoms with Crippen LogP contribution in [0.15, 0.2) is 47.6 Å². The molecule has 0 spiro atoms. The van der Waals surface area contributed by atoms with Crippen molar-refractivity contribution in [2.24, 2.45) is 0 Å². The first-order chi connectivity index (χ1) is 13.0. The number of allylic oxidation sites excluding steroid dienone is 4. The topological polar surface area (TPSA) is 69.7 Å². The van der Waals surface area contributed by atoms with Crippen LogP contribution in [0.1, 0.15) is 52.4 Å². The Morgan fingerprint density at radius 2 is 1.93 bits per heavy atom. The molecule has 0 N–H and O–H groups in total. The van der Waals surface area contributed by atoms with Gasteiger partial charge >= 0.3 is 5.97 Å². The Bertz CT molecular complexity index is 668. The van der Waals surface area contributed by atoms with Crippen molar-refractivity contribution in [2.45, 2.75) is 70.7 Å². The van der Waals surface area contributed by atoms with E-state index in [1.807, 2.05) is 26.0 Å². The van der Waals surface area contributed by atoms with E-state index in [2.05, 4.69) is 0 Å². The maximum Gasteiger partial charge on any atom is 0.331 e. The van der Waals surface area contributed by atoms with Crippen molar-refractivity contribution in [3.05, 3.63) is 47.6 Å². The van der Waals surface area contributed by atoms with Gasteiger partial charge in [-0.25, -0.2) is 4.79 Å². The number of carbonyl (C=O) groups is 3. The van der Waals surface area contributed by atoms with Gasteiger partial charge in [0.25, 0.3) is 0 Å². The maximum atomic E-state index is 12.0. The fourth-order valence-electron chi connectivity index (χ4n) is 3.27. The van der Waals surface area contributed by atoms with Crippen LogP contribution in [-0.4, -0.2) is 36.4 Å². The predicted octanol–water partition coefficient (Wildman–Crippen LogP) is 3.79. The molecule has 2 bridgehead atoms. The molecular weight excluding hydrogens is 344 g/mol. The molecule has 0 amide bonds. The molecule has 2 aliphatic rings. The molecule has 2 heterocycles. The van der Waals surface area contributed by atoms with Crippen LogP contribution in [0, 0.1) is 0 Å². The molecule has 1 fully saturated rings. The van der Waals surface area contributed by atoms with Crippen LogP contribution >= 0.6 is 0 Å². The Labute approximate surface area is 160 Å². The lowest BCUT2D eigenvalue weighted by molar-refractivity contribution is -0.146. The van der Waals surface area contributed by atoms with Crippen LogP contribution < -0.4 is 0 Å². The van der Waals surface area contributed by atoms with Crippen LogP contribution in [0.4, 0.5) is 0 Å². The average Bonchev–Trinajstić information content (AvgIpc) is 2.60. The Morgan fingerprint density at radius 1 is 1.11 bits per heavy atom. The molecule has 2 aliphatic heterocycles. The Balaban J connectivity index is 2.17. The zero-order valence-electron chi connectivity index (χ0n) is 16.1. The van der Waals surface area contributed by atoms with E-state index >= 15 is 0 Å². The number of ketones is 1. The normalized spacial score (nSPS) is 34.7. The fraction of sp³-hybridized carbons (Fsp3) is 0.500. The van der Waals surface area contributed by atoms with E-state index in [4.69, 9.17) is 9.47 Å². The summed E-state index contributed by atoms with van der Waals surface area (Å²) < 4.78 is 11.3. The van der Waals surface area contributed by atoms with Gasteiger partial charge in [-0.15, -0.1) is 0 Å². The number of cyclic esters (lactones) is 1. The summed E-state index contributed by atoms with van der Waals surface area (Å²) in [6, 6.07) is 0. The van der Waals surface area contributed by atoms with Crippen LogP contribution in [0.2, 0.25) is 0 Å². The SMILES string of the molecule is C/C1=C\C=C\C(=O)O[C@H](C=O)C/C(C)=C/[C@H]2CCC[C@@H](C/C=C/C(=O)C1)O2. The van der Waals surface area contributed by atoms with Crippen molar-refractivity contribution in [2.75, 3.05) is 0 Å². The smallest absolute Gasteiger partial charge is 0.331 e. The first-order valence-corrected chi connectivity index (χ1v) is 9.48. The van der Waals surface area contributed by atoms with E-state index in [0.717, 1.165) is 30.4 Å². The van der Waals surface area contributed by atoms with Gasteiger partial charge in [0.05, 0.1) is 12.2 Å². The molecule has 0 saturated carbocycles. The number of hydrogen-bond donors (Lipinski definition) is 0. The standard InChI is InChI=1S/C22H28O5/c1-16-6-3-11-22(25)27-21(15-23)14-17(2)13-20-10-5-9-19(26-20)8-4-7-18(24)12-16/h3-4,6-7,11,13,15,19-21H,5,8-10,12,14H2,1-2H3/b7-4+,11-3+,16-6+,17-13+/t19-,20-,21+/m1/s1. The number of aldehydes is 1. The minimum absolute atomic E-state index is 0.0141. The Hall–Kier alpha value is -2.27. The molecule has 2 rings (SSSR count). The van der Waals surface area contributed by atoms with Gasteiger partial charge in [0, 0.05) is 18.9 Å². The van der Waals surface area contributed by atoms with E-state index in [9.17, 15) is 14.4 Å². The first-order valence-electron chi connectivity index (χ1n) is 9.48. The molecule has 0 aromatic heterocycles. The van der Waals surface area contributed by atoms with Crippen LogP contribution in [0.25, 0.3) is 0 Å². The summed E-state index contributed by atoms with van der Waals surface area (Å²) in [5.41, 5.74) is 1.80. The van der Waals surface area contributed by atoms with Crippen LogP contribution in [0.3, 0.4) is 0 Å². The van der Waals surface area contributed by atoms with E-state index in [1.165, 1.54) is 6.08 Å². The molecule has 5 nitrogen and oxygen atoms in total. The third-order valence-corrected chi connectivity index (χ3v) is 4.56. The molecule has 27 heavy (non-hydrogen) atoms. The van der Waals surface area contributed by atoms with E-state index < -0.39 is 12.1 Å². The summed E-state index contributed by atoms with van der Waals surface area (Å²) in [5, 5.41) is 0. The second-order valence-electron chi connectivity index (χ2n) is 7.21. The second kappa shape index (κ2) is 10.8. The van der Waals surface area contributed by atoms with Gasteiger partial charge in [-0.05, 0) is 45.6 Å². The Kier molecular flexibility index (Phi) is 8.40. The fourth-order valence-corrected chi connectivity index (χ4v) is 3.27. The van der Waals surface area contributed by atoms with Gasteiger partial charge in [-0.2, -0.15) is 0 Å². The van der Waals surface area contributed by atoms with Crippen LogP contribution in [-0.2, 0) is 23.9 Å². The van der Waals surface area contributed by atoms with Gasteiger partial charge in [-0.3, -0.25) is 9.59 Å². The summed E-state index contributed by atoms with van der Waals surface area (Å²) >= 11 is 0. The second-order valence-corrected chi connectivity index (χ2v) is 7.21. The summed E-state index contributed by atoms with van der Waals surface area (Å²) in [6.45, 7) is 3.74. The molecule has 0 radical (unpaired) electrons. The summed E-state index contributed by atoms with van der Waals surface area (Å²) in [7, 11) is 0. The minimum Gasteiger partial charge on any atom is -0.451 e. The summed E-state index contributed by atoms with van der Waals surface area (Å²) in [5.74, 6) is -0.560. The molecule has 1 saturated heterocycles. The first kappa shape index (κ1) is 21.0. The predicted molar refractivity (Wildman–Crippen MR) is 103 cm³/mol. The summed E-state index contributed by atoms with van der Waals surface area (Å²) in [6.07, 6.45) is 14.2. The van der Waals surface area contributed by atoms with Crippen molar-refractivity contribution >= 4 is 18.0 Å². The van der Waals surface area contributed by atoms with Gasteiger partial charge in [0.2, 0.25) is 0 Å². The maximum absolute atomic E-state index is 12.0. The molecule has 0 aliphatic carbocycles. The van der Waals surface area contributed by atoms with Gasteiger partial charge in [0.15, 0.2) is 18.2 Å². The van der Waals surface area contributed by atoms with Crippen molar-refractivity contribution in [3.63, 3.8) is 0 Å². The number of hydrogen-bond acceptors (Lipinski definition) is 5. The van der Waals surface area contributed by atoms with E-state index in [1.54, 1.807) is 18.2 Å². The number of ether oxygens (including phenoxy) is 2. The number of rotatable bonds is 1. The molecule has 0 unspecified atom stereocenters. The third kappa shape index (κ3) is 7.87. The highest BCUT2D eigenvalue weighted by atomic mass is 16.5. The molecule has 0 aromatic carbocycles. The lowest BCUT2D eigenvalue weighted by Crippen LogP contribution is -2.26. The molecule has 3 atom stereocenters. The highest BCUT2D eigenvalue weighted by Crippen LogP contribution is 2.24. The summed E-state index contributed by atoms with van der Waals surface area (Å²) in [4.78, 5) is 35.2. The molecule has 0 aromatic rings. The largest absolute Gasteiger partial charge is 0.451 e. The quantitative estimate of drug-likeness (QED) is 0.398. The lowest BCUT2D eigenvalue weighted by atomic mass is 9.99. The highest BCUT2D eigenvalue weighted by Gasteiger charge is 2.21. The number of carbonyl (C=O) groups excluding carboxylic acids is 3. The highest BCUT2D eigenvalue weighted by molar-refractivity contribution is 5.91. The van der Waals surface area contributed by atoms with Crippen molar-refractivity contribution in [3.8, 4) is 0 Å². The number of fused-ring (bicyclic) bond motifs is 2. The minimum atomic E-state index is -0.814. The molecule has 146 valence electrons. The Morgan fingerprint density at radius 3 is 2.70 bits per heavy atom. The third-order valence-electron chi connectivity index (χ3n) is 4.56. The van der Waals surface area contributed by atoms with E-state index in [-0.39, 0.29) is 18.0 Å². The van der Waals surface area contributed by atoms with Crippen molar-refractivity contribution in [1.29, 1.82) is 0 Å². The van der Waals surface area contributed by atoms with Gasteiger partial charge < -0.3 is 9.47 Å². The zero-order valence-corrected chi connectivity index (χ0v) is 16.1. The molecular formula is C22H28O5. The average molecular weight is 372 g/mol. The van der Waals surface area contributed by atoms with E-state index in [0.29, 0.717) is 25.5 Å². The lowest BCUT2D eigenvalue weighted by Gasteiger charge is -2.28. The van der Waals surface area contributed by atoms with Crippen molar-refractivity contribution < 1.29 is 23.9 Å². The van der Waals surface area contributed by atoms with Gasteiger partial charge in [0.1, 0.15) is 0 Å². The monoisotopic (exact) mass is 372 g/mol. The van der Waals surface area contributed by atoms with Gasteiger partial charge in [-0.1, -0.05) is 35.5 Å². The zero-order chi connectivity index (χ0) is 19.6. The van der Waals surface area contributed by atoms with Crippen molar-refractivity contribution in [1.82, 2.24) is 0 Å².